The van der Waals surface area contributed by atoms with E-state index < -0.39 is 0 Å². The van der Waals surface area contributed by atoms with Gasteiger partial charge in [0.1, 0.15) is 11.7 Å². The average molecular weight is 315 g/mol. The SMILES string of the molecule is CCN(CC(C)/C(N)=N/O)c1cc(C)c(Br)cn1. The molecule has 0 saturated carbocycles. The van der Waals surface area contributed by atoms with Crippen LogP contribution in [0.3, 0.4) is 0 Å². The third-order valence-electron chi connectivity index (χ3n) is 2.85. The van der Waals surface area contributed by atoms with E-state index >= 15 is 0 Å². The van der Waals surface area contributed by atoms with E-state index in [1.807, 2.05) is 19.9 Å². The summed E-state index contributed by atoms with van der Waals surface area (Å²) in [4.78, 5) is 6.48. The zero-order valence-corrected chi connectivity index (χ0v) is 12.5. The van der Waals surface area contributed by atoms with Gasteiger partial charge in [-0.15, -0.1) is 0 Å². The van der Waals surface area contributed by atoms with Gasteiger partial charge < -0.3 is 15.8 Å². The van der Waals surface area contributed by atoms with Crippen LogP contribution in [0.5, 0.6) is 0 Å². The molecule has 1 aromatic rings. The Morgan fingerprint density at radius 1 is 1.67 bits per heavy atom. The fraction of sp³-hybridized carbons (Fsp3) is 0.500. The van der Waals surface area contributed by atoms with Crippen LogP contribution < -0.4 is 10.6 Å². The molecular formula is C12H19BrN4O. The number of halogens is 1. The molecule has 0 fully saturated rings. The van der Waals surface area contributed by atoms with Crippen LogP contribution >= 0.6 is 15.9 Å². The molecule has 0 aliphatic carbocycles. The summed E-state index contributed by atoms with van der Waals surface area (Å²) < 4.78 is 0.992. The van der Waals surface area contributed by atoms with Crippen molar-refractivity contribution in [2.45, 2.75) is 20.8 Å². The van der Waals surface area contributed by atoms with Gasteiger partial charge in [-0.25, -0.2) is 4.98 Å². The number of nitrogens with zero attached hydrogens (tertiary/aromatic N) is 3. The Labute approximate surface area is 116 Å². The third-order valence-corrected chi connectivity index (χ3v) is 3.68. The Hall–Kier alpha value is -1.30. The molecular weight excluding hydrogens is 296 g/mol. The molecule has 18 heavy (non-hydrogen) atoms. The first-order chi connectivity index (χ1) is 8.49. The van der Waals surface area contributed by atoms with Crippen molar-refractivity contribution in [3.8, 4) is 0 Å². The smallest absolute Gasteiger partial charge is 0.143 e. The molecule has 0 amide bonds. The van der Waals surface area contributed by atoms with Crippen molar-refractivity contribution >= 4 is 27.6 Å². The molecule has 6 heteroatoms. The molecule has 1 heterocycles. The van der Waals surface area contributed by atoms with Gasteiger partial charge in [-0.3, -0.25) is 0 Å². The van der Waals surface area contributed by atoms with Gasteiger partial charge in [0.25, 0.3) is 0 Å². The Bertz CT molecular complexity index is 436. The zero-order valence-electron chi connectivity index (χ0n) is 10.9. The first-order valence-corrected chi connectivity index (χ1v) is 6.63. The maximum Gasteiger partial charge on any atom is 0.143 e. The molecule has 0 spiro atoms. The van der Waals surface area contributed by atoms with Gasteiger partial charge in [0, 0.05) is 29.7 Å². The molecule has 5 nitrogen and oxygen atoms in total. The minimum atomic E-state index is -0.0271. The highest BCUT2D eigenvalue weighted by Gasteiger charge is 2.14. The number of aryl methyl sites for hydroxylation is 1. The van der Waals surface area contributed by atoms with Crippen molar-refractivity contribution < 1.29 is 5.21 Å². The molecule has 1 aromatic heterocycles. The van der Waals surface area contributed by atoms with E-state index in [1.54, 1.807) is 6.20 Å². The average Bonchev–Trinajstić information content (AvgIpc) is 2.38. The molecule has 1 rings (SSSR count). The lowest BCUT2D eigenvalue weighted by Crippen LogP contribution is -2.35. The molecule has 0 saturated heterocycles. The number of nitrogens with two attached hydrogens (primary N) is 1. The van der Waals surface area contributed by atoms with E-state index in [4.69, 9.17) is 10.9 Å². The predicted molar refractivity (Wildman–Crippen MR) is 77.1 cm³/mol. The maximum atomic E-state index is 8.66. The van der Waals surface area contributed by atoms with Crippen LogP contribution in [0.1, 0.15) is 19.4 Å². The Balaban J connectivity index is 2.86. The second kappa shape index (κ2) is 6.58. The van der Waals surface area contributed by atoms with Crippen molar-refractivity contribution in [1.29, 1.82) is 0 Å². The number of hydrogen-bond acceptors (Lipinski definition) is 4. The number of aromatic nitrogens is 1. The molecule has 1 unspecified atom stereocenters. The molecule has 0 aromatic carbocycles. The lowest BCUT2D eigenvalue weighted by Gasteiger charge is -2.25. The lowest BCUT2D eigenvalue weighted by molar-refractivity contribution is 0.314. The van der Waals surface area contributed by atoms with Crippen LogP contribution in [0, 0.1) is 12.8 Å². The summed E-state index contributed by atoms with van der Waals surface area (Å²) in [7, 11) is 0. The van der Waals surface area contributed by atoms with Gasteiger partial charge >= 0.3 is 0 Å². The van der Waals surface area contributed by atoms with Crippen LogP contribution in [-0.4, -0.2) is 29.1 Å². The Morgan fingerprint density at radius 3 is 2.83 bits per heavy atom. The van der Waals surface area contributed by atoms with Gasteiger partial charge in [-0.2, -0.15) is 0 Å². The van der Waals surface area contributed by atoms with E-state index in [-0.39, 0.29) is 11.8 Å². The number of amidine groups is 1. The van der Waals surface area contributed by atoms with Crippen LogP contribution in [-0.2, 0) is 0 Å². The van der Waals surface area contributed by atoms with Crippen LogP contribution in [0.2, 0.25) is 0 Å². The van der Waals surface area contributed by atoms with E-state index in [2.05, 4.69) is 37.9 Å². The minimum Gasteiger partial charge on any atom is -0.409 e. The summed E-state index contributed by atoms with van der Waals surface area (Å²) in [5.74, 6) is 1.11. The number of rotatable bonds is 5. The van der Waals surface area contributed by atoms with E-state index in [0.717, 1.165) is 22.4 Å². The van der Waals surface area contributed by atoms with Crippen LogP contribution in [0.25, 0.3) is 0 Å². The van der Waals surface area contributed by atoms with E-state index in [1.165, 1.54) is 0 Å². The summed E-state index contributed by atoms with van der Waals surface area (Å²) in [6, 6.07) is 2.02. The molecule has 0 radical (unpaired) electrons. The van der Waals surface area contributed by atoms with Crippen molar-refractivity contribution in [3.63, 3.8) is 0 Å². The number of hydrogen-bond donors (Lipinski definition) is 2. The van der Waals surface area contributed by atoms with Crippen LogP contribution in [0.4, 0.5) is 5.82 Å². The van der Waals surface area contributed by atoms with Crippen molar-refractivity contribution in [1.82, 2.24) is 4.98 Å². The van der Waals surface area contributed by atoms with E-state index in [0.29, 0.717) is 6.54 Å². The highest BCUT2D eigenvalue weighted by Crippen LogP contribution is 2.20. The van der Waals surface area contributed by atoms with Gasteiger partial charge in [-0.1, -0.05) is 12.1 Å². The Kier molecular flexibility index (Phi) is 5.40. The molecule has 0 aliphatic rings. The van der Waals surface area contributed by atoms with Crippen molar-refractivity contribution in [2.24, 2.45) is 16.8 Å². The quantitative estimate of drug-likeness (QED) is 0.378. The van der Waals surface area contributed by atoms with Crippen molar-refractivity contribution in [2.75, 3.05) is 18.0 Å². The number of anilines is 1. The first-order valence-electron chi connectivity index (χ1n) is 5.84. The third kappa shape index (κ3) is 3.60. The fourth-order valence-electron chi connectivity index (χ4n) is 1.60. The van der Waals surface area contributed by atoms with Gasteiger partial charge in [0.05, 0.1) is 0 Å². The lowest BCUT2D eigenvalue weighted by atomic mass is 10.1. The highest BCUT2D eigenvalue weighted by atomic mass is 79.9. The summed E-state index contributed by atoms with van der Waals surface area (Å²) in [6.07, 6.45) is 1.79. The molecule has 3 N–H and O–H groups in total. The molecule has 100 valence electrons. The first kappa shape index (κ1) is 14.8. The topological polar surface area (TPSA) is 74.7 Å². The zero-order chi connectivity index (χ0) is 13.7. The summed E-state index contributed by atoms with van der Waals surface area (Å²) in [5.41, 5.74) is 6.73. The molecule has 0 bridgehead atoms. The monoisotopic (exact) mass is 314 g/mol. The maximum absolute atomic E-state index is 8.66. The largest absolute Gasteiger partial charge is 0.409 e. The van der Waals surface area contributed by atoms with Crippen LogP contribution in [0.15, 0.2) is 21.9 Å². The summed E-state index contributed by atoms with van der Waals surface area (Å²) in [5, 5.41) is 11.7. The summed E-state index contributed by atoms with van der Waals surface area (Å²) >= 11 is 3.43. The minimum absolute atomic E-state index is 0.0271. The second-order valence-corrected chi connectivity index (χ2v) is 5.11. The van der Waals surface area contributed by atoms with Crippen molar-refractivity contribution in [3.05, 3.63) is 22.3 Å². The van der Waals surface area contributed by atoms with E-state index in [9.17, 15) is 0 Å². The molecule has 0 aliphatic heterocycles. The standard InChI is InChI=1S/C12H19BrN4O/c1-4-17(7-9(3)12(14)16-18)11-5-8(2)10(13)6-15-11/h5-6,9,18H,4,7H2,1-3H3,(H2,14,16). The normalized spacial score (nSPS) is 13.4. The highest BCUT2D eigenvalue weighted by molar-refractivity contribution is 9.10. The molecule has 1 atom stereocenters. The number of pyridine rings is 1. The Morgan fingerprint density at radius 2 is 2.33 bits per heavy atom. The number of oxime groups is 1. The summed E-state index contributed by atoms with van der Waals surface area (Å²) in [6.45, 7) is 7.48. The predicted octanol–water partition coefficient (Wildman–Crippen LogP) is 2.36. The fourth-order valence-corrected chi connectivity index (χ4v) is 1.82. The van der Waals surface area contributed by atoms with Gasteiger partial charge in [0.15, 0.2) is 0 Å². The second-order valence-electron chi connectivity index (χ2n) is 4.26. The van der Waals surface area contributed by atoms with Gasteiger partial charge in [-0.05, 0) is 41.4 Å². The van der Waals surface area contributed by atoms with Gasteiger partial charge in [0.2, 0.25) is 0 Å².